The zero-order valence-electron chi connectivity index (χ0n) is 12.8. The summed E-state index contributed by atoms with van der Waals surface area (Å²) >= 11 is 17.1. The molecule has 0 aliphatic heterocycles. The maximum atomic E-state index is 11.6. The fourth-order valence-electron chi connectivity index (χ4n) is 1.93. The van der Waals surface area contributed by atoms with Crippen LogP contribution in [0, 0.1) is 0 Å². The molecule has 0 fully saturated rings. The van der Waals surface area contributed by atoms with Crippen LogP contribution in [0.5, 0.6) is 0 Å². The monoisotopic (exact) mass is 396 g/mol. The van der Waals surface area contributed by atoms with Crippen molar-refractivity contribution in [2.24, 2.45) is 0 Å². The fraction of sp³-hybridized carbons (Fsp3) is 1.00. The minimum atomic E-state index is -3.46. The smallest absolute Gasteiger partial charge is 0.270 e. The highest BCUT2D eigenvalue weighted by Crippen LogP contribution is 2.26. The van der Waals surface area contributed by atoms with Crippen LogP contribution in [0.4, 0.5) is 0 Å². The maximum Gasteiger partial charge on any atom is 0.341 e. The lowest BCUT2D eigenvalue weighted by Gasteiger charge is -2.08. The number of hydrogen-bond acceptors (Lipinski definition) is 3. The van der Waals surface area contributed by atoms with Crippen LogP contribution in [-0.4, -0.2) is 26.8 Å². The quantitative estimate of drug-likeness (QED) is 0.168. The second-order valence-electron chi connectivity index (χ2n) is 5.28. The van der Waals surface area contributed by atoms with Crippen LogP contribution in [0.2, 0.25) is 6.04 Å². The van der Waals surface area contributed by atoms with Crippen molar-refractivity contribution >= 4 is 49.4 Å². The minimum Gasteiger partial charge on any atom is -0.270 e. The number of halogens is 3. The Bertz CT molecular complexity index is 345. The number of unbranched alkanes of at least 4 members (excludes halogenated alkanes) is 7. The third-order valence-electron chi connectivity index (χ3n) is 3.12. The molecule has 0 rings (SSSR count). The average Bonchev–Trinajstić information content (AvgIpc) is 2.35. The molecule has 0 radical (unpaired) electrons. The van der Waals surface area contributed by atoms with Crippen molar-refractivity contribution in [3.05, 3.63) is 0 Å². The van der Waals surface area contributed by atoms with Gasteiger partial charge in [-0.15, -0.1) is 33.2 Å². The zero-order valence-corrected chi connectivity index (χ0v) is 16.8. The first-order valence-corrected chi connectivity index (χ1v) is 14.5. The molecule has 0 unspecified atom stereocenters. The molecule has 0 atom stereocenters. The van der Waals surface area contributed by atoms with E-state index in [1.165, 1.54) is 32.1 Å². The summed E-state index contributed by atoms with van der Waals surface area (Å²) in [5.74, 6) is -0.0646. The van der Waals surface area contributed by atoms with Crippen LogP contribution in [0.3, 0.4) is 0 Å². The lowest BCUT2D eigenvalue weighted by molar-refractivity contribution is 0.306. The van der Waals surface area contributed by atoms with Crippen molar-refractivity contribution in [3.8, 4) is 0 Å². The molecule has 0 aromatic carbocycles. The van der Waals surface area contributed by atoms with E-state index in [1.807, 2.05) is 0 Å². The average molecular weight is 398 g/mol. The summed E-state index contributed by atoms with van der Waals surface area (Å²) in [6, 6.07) is -2.38. The molecule has 0 N–H and O–H groups in total. The van der Waals surface area contributed by atoms with Crippen molar-refractivity contribution in [2.75, 3.05) is 12.4 Å². The van der Waals surface area contributed by atoms with Gasteiger partial charge >= 0.3 is 6.00 Å². The van der Waals surface area contributed by atoms with Gasteiger partial charge in [0, 0.05) is 0 Å². The molecule has 3 nitrogen and oxygen atoms in total. The highest BCUT2D eigenvalue weighted by Gasteiger charge is 2.25. The molecule has 0 bridgehead atoms. The largest absolute Gasteiger partial charge is 0.341 e. The third-order valence-corrected chi connectivity index (χ3v) is 7.05. The molecule has 0 aromatic rings. The summed E-state index contributed by atoms with van der Waals surface area (Å²) in [4.78, 5) is 0. The van der Waals surface area contributed by atoms with Crippen molar-refractivity contribution in [3.63, 3.8) is 0 Å². The number of hydrogen-bond donors (Lipinski definition) is 0. The maximum absolute atomic E-state index is 11.6. The van der Waals surface area contributed by atoms with Gasteiger partial charge in [-0.2, -0.15) is 8.42 Å². The van der Waals surface area contributed by atoms with E-state index in [0.717, 1.165) is 19.3 Å². The number of rotatable bonds is 14. The Morgan fingerprint density at radius 2 is 1.38 bits per heavy atom. The summed E-state index contributed by atoms with van der Waals surface area (Å²) in [5.41, 5.74) is 0. The third kappa shape index (κ3) is 17.2. The van der Waals surface area contributed by atoms with E-state index < -0.39 is 16.1 Å². The molecule has 0 amide bonds. The van der Waals surface area contributed by atoms with Gasteiger partial charge in [-0.1, -0.05) is 51.9 Å². The van der Waals surface area contributed by atoms with Gasteiger partial charge in [-0.3, -0.25) is 4.18 Å². The standard InChI is InChI=1S/C13H27Cl3O3SSi/c1-2-3-4-5-6-7-8-9-11-19-20(17,18)12-10-13-21(14,15)16/h2-13H2,1H3. The van der Waals surface area contributed by atoms with Crippen LogP contribution in [0.15, 0.2) is 0 Å². The Morgan fingerprint density at radius 1 is 0.857 bits per heavy atom. The van der Waals surface area contributed by atoms with Crippen LogP contribution >= 0.6 is 33.2 Å². The van der Waals surface area contributed by atoms with Gasteiger partial charge in [0.1, 0.15) is 0 Å². The molecule has 128 valence electrons. The van der Waals surface area contributed by atoms with Gasteiger partial charge in [-0.05, 0) is 18.9 Å². The van der Waals surface area contributed by atoms with Gasteiger partial charge in [0.15, 0.2) is 0 Å². The summed E-state index contributed by atoms with van der Waals surface area (Å²) in [7, 11) is -3.46. The topological polar surface area (TPSA) is 43.4 Å². The fourth-order valence-corrected chi connectivity index (χ4v) is 4.95. The Balaban J connectivity index is 3.49. The summed E-state index contributed by atoms with van der Waals surface area (Å²) in [6.45, 7) is 2.47. The van der Waals surface area contributed by atoms with Crippen LogP contribution in [0.25, 0.3) is 0 Å². The first-order chi connectivity index (χ1) is 9.77. The van der Waals surface area contributed by atoms with Crippen LogP contribution < -0.4 is 0 Å². The van der Waals surface area contributed by atoms with E-state index in [-0.39, 0.29) is 12.4 Å². The van der Waals surface area contributed by atoms with Crippen molar-refractivity contribution in [1.82, 2.24) is 0 Å². The lowest BCUT2D eigenvalue weighted by atomic mass is 10.1. The Morgan fingerprint density at radius 3 is 1.90 bits per heavy atom. The minimum absolute atomic E-state index is 0.0646. The SMILES string of the molecule is CCCCCCCCCCOS(=O)(=O)CCC[Si](Cl)(Cl)Cl. The predicted octanol–water partition coefficient (Wildman–Crippen LogP) is 5.52. The second-order valence-corrected chi connectivity index (χ2v) is 16.3. The molecular formula is C13H27Cl3O3SSi. The van der Waals surface area contributed by atoms with Gasteiger partial charge in [0.25, 0.3) is 10.1 Å². The van der Waals surface area contributed by atoms with E-state index in [0.29, 0.717) is 12.5 Å². The summed E-state index contributed by atoms with van der Waals surface area (Å²) in [6.07, 6.45) is 9.65. The van der Waals surface area contributed by atoms with Gasteiger partial charge in [0.05, 0.1) is 12.4 Å². The summed E-state index contributed by atoms with van der Waals surface area (Å²) in [5, 5.41) is 0. The van der Waals surface area contributed by atoms with Gasteiger partial charge in [0.2, 0.25) is 0 Å². The van der Waals surface area contributed by atoms with E-state index in [4.69, 9.17) is 37.4 Å². The van der Waals surface area contributed by atoms with Crippen molar-refractivity contribution < 1.29 is 12.6 Å². The van der Waals surface area contributed by atoms with Crippen LogP contribution in [-0.2, 0) is 14.3 Å². The molecule has 8 heteroatoms. The highest BCUT2D eigenvalue weighted by molar-refractivity contribution is 7.86. The Hall–Kier alpha value is 0.997. The molecular weight excluding hydrogens is 371 g/mol. The molecule has 0 aliphatic carbocycles. The molecule has 0 aromatic heterocycles. The molecule has 21 heavy (non-hydrogen) atoms. The Labute approximate surface area is 144 Å². The summed E-state index contributed by atoms with van der Waals surface area (Å²) < 4.78 is 28.1. The normalized spacial score (nSPS) is 12.8. The second kappa shape index (κ2) is 12.4. The van der Waals surface area contributed by atoms with Gasteiger partial charge in [-0.25, -0.2) is 0 Å². The molecule has 0 saturated carbocycles. The van der Waals surface area contributed by atoms with Crippen LogP contribution in [0.1, 0.15) is 64.7 Å². The molecule has 0 aliphatic rings. The van der Waals surface area contributed by atoms with Gasteiger partial charge < -0.3 is 0 Å². The lowest BCUT2D eigenvalue weighted by Crippen LogP contribution is -2.15. The zero-order chi connectivity index (χ0) is 16.2. The van der Waals surface area contributed by atoms with Crippen molar-refractivity contribution in [1.29, 1.82) is 0 Å². The van der Waals surface area contributed by atoms with E-state index in [2.05, 4.69) is 6.92 Å². The predicted molar refractivity (Wildman–Crippen MR) is 95.1 cm³/mol. The Kier molecular flexibility index (Phi) is 13.0. The first-order valence-electron chi connectivity index (χ1n) is 7.70. The highest BCUT2D eigenvalue weighted by atomic mass is 35.8. The van der Waals surface area contributed by atoms with E-state index in [9.17, 15) is 8.42 Å². The van der Waals surface area contributed by atoms with Crippen molar-refractivity contribution in [2.45, 2.75) is 70.8 Å². The van der Waals surface area contributed by atoms with E-state index in [1.54, 1.807) is 0 Å². The molecule has 0 spiro atoms. The first kappa shape index (κ1) is 22.0. The van der Waals surface area contributed by atoms with E-state index >= 15 is 0 Å². The molecule has 0 saturated heterocycles. The molecule has 0 heterocycles.